The monoisotopic (exact) mass is 309 g/mol. The number of rotatable bonds is 2. The van der Waals surface area contributed by atoms with E-state index in [1.165, 1.54) is 12.1 Å². The van der Waals surface area contributed by atoms with E-state index >= 15 is 0 Å². The maximum atomic E-state index is 13.9. The summed E-state index contributed by atoms with van der Waals surface area (Å²) in [5.74, 6) is -0.247. The Morgan fingerprint density at radius 2 is 2.09 bits per heavy atom. The summed E-state index contributed by atoms with van der Waals surface area (Å²) in [6.45, 7) is 3.79. The van der Waals surface area contributed by atoms with Crippen molar-refractivity contribution in [3.8, 4) is 11.1 Å². The number of nitrogens with one attached hydrogen (secondary N) is 1. The molecule has 3 rings (SSSR count). The molecule has 0 spiro atoms. The number of hydrogen-bond acceptors (Lipinski definition) is 3. The summed E-state index contributed by atoms with van der Waals surface area (Å²) in [5, 5.41) is 2.72. The van der Waals surface area contributed by atoms with Gasteiger partial charge in [0, 0.05) is 35.6 Å². The fourth-order valence-electron chi connectivity index (χ4n) is 2.47. The van der Waals surface area contributed by atoms with E-state index in [4.69, 9.17) is 0 Å². The number of aromatic nitrogens is 1. The second kappa shape index (κ2) is 6.12. The van der Waals surface area contributed by atoms with E-state index in [1.807, 2.05) is 26.0 Å². The number of carbonyl (C=O) groups is 1. The van der Waals surface area contributed by atoms with Crippen molar-refractivity contribution in [2.24, 2.45) is 4.99 Å². The van der Waals surface area contributed by atoms with E-state index in [9.17, 15) is 9.18 Å². The summed E-state index contributed by atoms with van der Waals surface area (Å²) in [4.78, 5) is 20.6. The van der Waals surface area contributed by atoms with Gasteiger partial charge < -0.3 is 5.32 Å². The molecule has 1 aliphatic heterocycles. The van der Waals surface area contributed by atoms with Crippen LogP contribution in [0.3, 0.4) is 0 Å². The highest BCUT2D eigenvalue weighted by Crippen LogP contribution is 2.24. The molecule has 116 valence electrons. The first-order valence-electron chi connectivity index (χ1n) is 7.30. The van der Waals surface area contributed by atoms with Crippen LogP contribution in [0.2, 0.25) is 0 Å². The van der Waals surface area contributed by atoms with Crippen LogP contribution in [0.1, 0.15) is 29.3 Å². The summed E-state index contributed by atoms with van der Waals surface area (Å²) < 4.78 is 13.9. The van der Waals surface area contributed by atoms with Gasteiger partial charge in [0.25, 0.3) is 5.91 Å². The van der Waals surface area contributed by atoms with Crippen LogP contribution in [-0.2, 0) is 0 Å². The van der Waals surface area contributed by atoms with Crippen molar-refractivity contribution < 1.29 is 9.18 Å². The molecule has 2 heterocycles. The van der Waals surface area contributed by atoms with Crippen LogP contribution in [0, 0.1) is 12.7 Å². The first-order valence-corrected chi connectivity index (χ1v) is 7.30. The largest absolute Gasteiger partial charge is 0.310 e. The topological polar surface area (TPSA) is 54.4 Å². The molecule has 5 heteroatoms. The van der Waals surface area contributed by atoms with Crippen LogP contribution >= 0.6 is 0 Å². The predicted octanol–water partition coefficient (Wildman–Crippen LogP) is 3.63. The lowest BCUT2D eigenvalue weighted by atomic mass is 10.0. The molecule has 23 heavy (non-hydrogen) atoms. The van der Waals surface area contributed by atoms with Crippen molar-refractivity contribution in [1.82, 2.24) is 10.3 Å². The summed E-state index contributed by atoms with van der Waals surface area (Å²) in [6.07, 6.45) is 5.85. The number of aliphatic imine (C=N–C) groups is 1. The normalized spacial score (nSPS) is 13.5. The van der Waals surface area contributed by atoms with Crippen LogP contribution < -0.4 is 5.32 Å². The van der Waals surface area contributed by atoms with Gasteiger partial charge >= 0.3 is 0 Å². The maximum Gasteiger partial charge on any atom is 0.256 e. The Balaban J connectivity index is 1.90. The summed E-state index contributed by atoms with van der Waals surface area (Å²) in [7, 11) is 0. The minimum absolute atomic E-state index is 0.260. The van der Waals surface area contributed by atoms with Crippen molar-refractivity contribution in [3.63, 3.8) is 0 Å². The van der Waals surface area contributed by atoms with Gasteiger partial charge in [-0.25, -0.2) is 9.38 Å². The molecule has 0 radical (unpaired) electrons. The molecule has 0 bridgehead atoms. The Labute approximate surface area is 133 Å². The fourth-order valence-corrected chi connectivity index (χ4v) is 2.47. The summed E-state index contributed by atoms with van der Waals surface area (Å²) in [6, 6.07) is 6.14. The number of aryl methyl sites for hydroxylation is 1. The molecule has 4 nitrogen and oxygen atoms in total. The Morgan fingerprint density at radius 1 is 1.26 bits per heavy atom. The lowest BCUT2D eigenvalue weighted by Crippen LogP contribution is -2.29. The number of amidine groups is 1. The van der Waals surface area contributed by atoms with E-state index in [-0.39, 0.29) is 11.5 Å². The first kappa shape index (κ1) is 15.1. The fraction of sp³-hybridized carbons (Fsp3) is 0.167. The first-order chi connectivity index (χ1) is 11.0. The lowest BCUT2D eigenvalue weighted by Gasteiger charge is -2.09. The Kier molecular flexibility index (Phi) is 4.02. The van der Waals surface area contributed by atoms with Crippen LogP contribution in [0.5, 0.6) is 0 Å². The van der Waals surface area contributed by atoms with Gasteiger partial charge in [-0.05, 0) is 49.2 Å². The zero-order valence-corrected chi connectivity index (χ0v) is 12.9. The number of carbonyl (C=O) groups excluding carboxylic acids is 1. The van der Waals surface area contributed by atoms with E-state index in [0.717, 1.165) is 16.8 Å². The highest BCUT2D eigenvalue weighted by atomic mass is 19.1. The average Bonchev–Trinajstić information content (AvgIpc) is 2.92. The second-order valence-electron chi connectivity index (χ2n) is 5.48. The molecule has 1 aromatic heterocycles. The molecule has 0 atom stereocenters. The summed E-state index contributed by atoms with van der Waals surface area (Å²) in [5.41, 5.74) is 3.53. The maximum absolute atomic E-state index is 13.9. The number of nitrogens with zero attached hydrogens (tertiary/aromatic N) is 2. The molecule has 0 saturated carbocycles. The van der Waals surface area contributed by atoms with Gasteiger partial charge in [-0.3, -0.25) is 9.78 Å². The zero-order chi connectivity index (χ0) is 16.4. The van der Waals surface area contributed by atoms with E-state index in [2.05, 4.69) is 15.3 Å². The Morgan fingerprint density at radius 3 is 2.78 bits per heavy atom. The molecule has 0 aliphatic carbocycles. The van der Waals surface area contributed by atoms with Crippen LogP contribution in [0.15, 0.2) is 53.4 Å². The number of pyridine rings is 1. The molecular formula is C18H16FN3O. The van der Waals surface area contributed by atoms with E-state index in [0.29, 0.717) is 17.8 Å². The highest BCUT2D eigenvalue weighted by Gasteiger charge is 2.14. The van der Waals surface area contributed by atoms with Crippen molar-refractivity contribution in [1.29, 1.82) is 0 Å². The van der Waals surface area contributed by atoms with Crippen molar-refractivity contribution in [3.05, 3.63) is 65.4 Å². The Bertz CT molecular complexity index is 840. The van der Waals surface area contributed by atoms with Gasteiger partial charge in [-0.1, -0.05) is 6.08 Å². The molecule has 1 N–H and O–H groups in total. The van der Waals surface area contributed by atoms with Crippen LogP contribution in [0.4, 0.5) is 4.39 Å². The van der Waals surface area contributed by atoms with Gasteiger partial charge in [0.1, 0.15) is 11.7 Å². The Hall–Kier alpha value is -2.82. The number of hydrogen-bond donors (Lipinski definition) is 1. The number of benzene rings is 1. The molecule has 1 aromatic carbocycles. The molecule has 1 aliphatic rings. The van der Waals surface area contributed by atoms with Crippen LogP contribution in [0.25, 0.3) is 11.1 Å². The van der Waals surface area contributed by atoms with Crippen LogP contribution in [-0.4, -0.2) is 16.7 Å². The number of amides is 1. The van der Waals surface area contributed by atoms with Gasteiger partial charge in [0.05, 0.1) is 0 Å². The molecule has 0 unspecified atom stereocenters. The van der Waals surface area contributed by atoms with Crippen molar-refractivity contribution >= 4 is 11.7 Å². The minimum Gasteiger partial charge on any atom is -0.310 e. The standard InChI is InChI=1S/C18H16FN3O/c1-11-5-6-20-10-16(11)13-7-14(9-15(19)8-13)18(23)22-17-4-3-12(2)21-17/h3,5-10H,4H2,1-2H3,(H,21,22,23). The molecule has 1 amide bonds. The minimum atomic E-state index is -0.460. The lowest BCUT2D eigenvalue weighted by molar-refractivity contribution is 0.0976. The third-order valence-corrected chi connectivity index (χ3v) is 3.67. The van der Waals surface area contributed by atoms with Gasteiger partial charge in [0.2, 0.25) is 0 Å². The SMILES string of the molecule is CC1=CCC(NC(=O)c2cc(F)cc(-c3cnccc3C)c2)=N1. The van der Waals surface area contributed by atoms with Crippen molar-refractivity contribution in [2.75, 3.05) is 0 Å². The molecular weight excluding hydrogens is 293 g/mol. The zero-order valence-electron chi connectivity index (χ0n) is 12.9. The van der Waals surface area contributed by atoms with Gasteiger partial charge in [0.15, 0.2) is 0 Å². The molecule has 0 saturated heterocycles. The van der Waals surface area contributed by atoms with E-state index in [1.54, 1.807) is 18.5 Å². The molecule has 0 fully saturated rings. The highest BCUT2D eigenvalue weighted by molar-refractivity contribution is 6.08. The quantitative estimate of drug-likeness (QED) is 0.921. The summed E-state index contributed by atoms with van der Waals surface area (Å²) >= 11 is 0. The number of allylic oxidation sites excluding steroid dienone is 1. The third kappa shape index (κ3) is 3.34. The van der Waals surface area contributed by atoms with Gasteiger partial charge in [-0.2, -0.15) is 0 Å². The third-order valence-electron chi connectivity index (χ3n) is 3.67. The van der Waals surface area contributed by atoms with E-state index < -0.39 is 5.82 Å². The number of halogens is 1. The second-order valence-corrected chi connectivity index (χ2v) is 5.48. The smallest absolute Gasteiger partial charge is 0.256 e. The molecule has 2 aromatic rings. The predicted molar refractivity (Wildman–Crippen MR) is 87.6 cm³/mol. The van der Waals surface area contributed by atoms with Gasteiger partial charge in [-0.15, -0.1) is 0 Å². The average molecular weight is 309 g/mol. The van der Waals surface area contributed by atoms with Crippen molar-refractivity contribution in [2.45, 2.75) is 20.3 Å².